The van der Waals surface area contributed by atoms with Gasteiger partial charge in [-0.1, -0.05) is 35.2 Å². The lowest BCUT2D eigenvalue weighted by atomic mass is 9.78. The van der Waals surface area contributed by atoms with Gasteiger partial charge in [0, 0.05) is 23.0 Å². The highest BCUT2D eigenvalue weighted by Crippen LogP contribution is 2.41. The second-order valence-corrected chi connectivity index (χ2v) is 8.23. The van der Waals surface area contributed by atoms with Crippen LogP contribution in [-0.2, 0) is 0 Å². The molecule has 1 atom stereocenters. The van der Waals surface area contributed by atoms with E-state index >= 15 is 0 Å². The molecule has 0 amide bonds. The van der Waals surface area contributed by atoms with Crippen LogP contribution < -0.4 is 0 Å². The summed E-state index contributed by atoms with van der Waals surface area (Å²) in [6, 6.07) is 7.63. The Hall–Kier alpha value is -1.06. The molecule has 0 spiro atoms. The van der Waals surface area contributed by atoms with Crippen LogP contribution in [0.5, 0.6) is 0 Å². The van der Waals surface area contributed by atoms with Crippen molar-refractivity contribution in [2.24, 2.45) is 5.92 Å². The first-order chi connectivity index (χ1) is 11.8. The van der Waals surface area contributed by atoms with Crippen LogP contribution in [0.3, 0.4) is 0 Å². The lowest BCUT2D eigenvalue weighted by molar-refractivity contribution is 0.0846. The first-order valence-corrected chi connectivity index (χ1v) is 10.3. The average Bonchev–Trinajstić information content (AvgIpc) is 3.09. The standard InChI is InChI=1S/C18H18ClN3S2/c19-15-5-3-13(4-6-15)2-1-11-23-18-17(20-24-21-18)16-12-22-9-7-14(16)8-10-22/h3-6,14,16H,7-12H2. The van der Waals surface area contributed by atoms with Crippen molar-refractivity contribution in [1.29, 1.82) is 0 Å². The van der Waals surface area contributed by atoms with Crippen molar-refractivity contribution in [3.8, 4) is 11.8 Å². The summed E-state index contributed by atoms with van der Waals surface area (Å²) < 4.78 is 9.15. The fourth-order valence-corrected chi connectivity index (χ4v) is 5.20. The van der Waals surface area contributed by atoms with E-state index in [1.165, 1.54) is 43.4 Å². The summed E-state index contributed by atoms with van der Waals surface area (Å²) in [5.41, 5.74) is 2.21. The molecule has 0 aliphatic carbocycles. The SMILES string of the molecule is Clc1ccc(C#CCSc2nsnc2C2CN3CCC2CC3)cc1. The maximum atomic E-state index is 5.89. The summed E-state index contributed by atoms with van der Waals surface area (Å²) in [4.78, 5) is 2.57. The van der Waals surface area contributed by atoms with Gasteiger partial charge in [0.05, 0.1) is 23.2 Å². The van der Waals surface area contributed by atoms with Gasteiger partial charge in [-0.05, 0) is 56.1 Å². The van der Waals surface area contributed by atoms with Crippen LogP contribution in [0, 0.1) is 17.8 Å². The van der Waals surface area contributed by atoms with Gasteiger partial charge in [0.25, 0.3) is 0 Å². The number of aromatic nitrogens is 2. The molecule has 6 heteroatoms. The predicted molar refractivity (Wildman–Crippen MR) is 101 cm³/mol. The maximum Gasteiger partial charge on any atom is 0.134 e. The molecular weight excluding hydrogens is 358 g/mol. The largest absolute Gasteiger partial charge is 0.303 e. The van der Waals surface area contributed by atoms with Gasteiger partial charge in [0.15, 0.2) is 0 Å². The minimum Gasteiger partial charge on any atom is -0.303 e. The topological polar surface area (TPSA) is 29.0 Å². The number of halogens is 1. The van der Waals surface area contributed by atoms with Gasteiger partial charge < -0.3 is 4.90 Å². The Kier molecular flexibility index (Phi) is 5.09. The molecule has 4 heterocycles. The Bertz CT molecular complexity index is 755. The molecule has 0 N–H and O–H groups in total. The number of hydrogen-bond donors (Lipinski definition) is 0. The normalized spacial score (nSPS) is 25.3. The first kappa shape index (κ1) is 16.4. The number of piperidine rings is 3. The second-order valence-electron chi connectivity index (χ2n) is 6.30. The molecular formula is C18H18ClN3S2. The number of benzene rings is 1. The predicted octanol–water partition coefficient (Wildman–Crippen LogP) is 4.14. The van der Waals surface area contributed by atoms with Crippen molar-refractivity contribution in [3.63, 3.8) is 0 Å². The van der Waals surface area contributed by atoms with Gasteiger partial charge in [-0.15, -0.1) is 0 Å². The summed E-state index contributed by atoms with van der Waals surface area (Å²) in [6.07, 6.45) is 2.62. The highest BCUT2D eigenvalue weighted by atomic mass is 35.5. The van der Waals surface area contributed by atoms with Crippen LogP contribution in [0.1, 0.15) is 30.0 Å². The summed E-state index contributed by atoms with van der Waals surface area (Å²) in [5.74, 6) is 8.49. The molecule has 3 aliphatic heterocycles. The molecule has 3 nitrogen and oxygen atoms in total. The van der Waals surface area contributed by atoms with Crippen molar-refractivity contribution in [2.75, 3.05) is 25.4 Å². The van der Waals surface area contributed by atoms with Gasteiger partial charge >= 0.3 is 0 Å². The van der Waals surface area contributed by atoms with Crippen LogP contribution in [0.15, 0.2) is 29.3 Å². The number of hydrogen-bond acceptors (Lipinski definition) is 5. The molecule has 1 aromatic heterocycles. The van der Waals surface area contributed by atoms with Crippen molar-refractivity contribution in [2.45, 2.75) is 23.8 Å². The highest BCUT2D eigenvalue weighted by molar-refractivity contribution is 7.99. The van der Waals surface area contributed by atoms with Crippen LogP contribution in [0.25, 0.3) is 0 Å². The van der Waals surface area contributed by atoms with Gasteiger partial charge in [0.1, 0.15) is 5.03 Å². The number of thioether (sulfide) groups is 1. The smallest absolute Gasteiger partial charge is 0.134 e. The fourth-order valence-electron chi connectivity index (χ4n) is 3.56. The number of rotatable bonds is 3. The monoisotopic (exact) mass is 375 g/mol. The van der Waals surface area contributed by atoms with E-state index < -0.39 is 0 Å². The van der Waals surface area contributed by atoms with Crippen LogP contribution >= 0.6 is 35.1 Å². The quantitative estimate of drug-likeness (QED) is 0.595. The maximum absolute atomic E-state index is 5.89. The number of fused-ring (bicyclic) bond motifs is 3. The second kappa shape index (κ2) is 7.45. The van der Waals surface area contributed by atoms with Crippen LogP contribution in [0.2, 0.25) is 5.02 Å². The number of nitrogens with zero attached hydrogens (tertiary/aromatic N) is 3. The molecule has 2 aromatic rings. The Labute approximate surface area is 156 Å². The molecule has 3 fully saturated rings. The Balaban J connectivity index is 1.40. The summed E-state index contributed by atoms with van der Waals surface area (Å²) in [6.45, 7) is 3.67. The minimum atomic E-state index is 0.568. The summed E-state index contributed by atoms with van der Waals surface area (Å²) in [7, 11) is 0. The third kappa shape index (κ3) is 3.62. The van der Waals surface area contributed by atoms with Crippen molar-refractivity contribution in [1.82, 2.24) is 13.6 Å². The zero-order chi connectivity index (χ0) is 16.4. The highest BCUT2D eigenvalue weighted by Gasteiger charge is 2.37. The van der Waals surface area contributed by atoms with Crippen molar-refractivity contribution in [3.05, 3.63) is 40.5 Å². The van der Waals surface area contributed by atoms with E-state index in [0.717, 1.165) is 33.8 Å². The first-order valence-electron chi connectivity index (χ1n) is 8.21. The fraction of sp³-hybridized carbons (Fsp3) is 0.444. The Morgan fingerprint density at radius 3 is 2.71 bits per heavy atom. The minimum absolute atomic E-state index is 0.568. The van der Waals surface area contributed by atoms with Gasteiger partial charge in [-0.25, -0.2) is 0 Å². The lowest BCUT2D eigenvalue weighted by Gasteiger charge is -2.44. The Morgan fingerprint density at radius 1 is 1.21 bits per heavy atom. The molecule has 3 saturated heterocycles. The Morgan fingerprint density at radius 2 is 2.00 bits per heavy atom. The van der Waals surface area contributed by atoms with E-state index in [9.17, 15) is 0 Å². The molecule has 124 valence electrons. The summed E-state index contributed by atoms with van der Waals surface area (Å²) >= 11 is 8.95. The molecule has 0 saturated carbocycles. The molecule has 24 heavy (non-hydrogen) atoms. The van der Waals surface area contributed by atoms with E-state index in [-0.39, 0.29) is 0 Å². The lowest BCUT2D eigenvalue weighted by Crippen LogP contribution is -2.46. The summed E-state index contributed by atoms with van der Waals surface area (Å²) in [5, 5.41) is 1.83. The van der Waals surface area contributed by atoms with Gasteiger partial charge in [-0.3, -0.25) is 0 Å². The van der Waals surface area contributed by atoms with E-state index in [4.69, 9.17) is 11.6 Å². The van der Waals surface area contributed by atoms with E-state index in [1.807, 2.05) is 24.3 Å². The van der Waals surface area contributed by atoms with Crippen molar-refractivity contribution < 1.29 is 0 Å². The molecule has 3 aliphatic rings. The van der Waals surface area contributed by atoms with Gasteiger partial charge in [0.2, 0.25) is 0 Å². The molecule has 5 rings (SSSR count). The van der Waals surface area contributed by atoms with E-state index in [0.29, 0.717) is 5.92 Å². The molecule has 1 aromatic carbocycles. The zero-order valence-corrected chi connectivity index (χ0v) is 15.6. The molecule has 0 radical (unpaired) electrons. The van der Waals surface area contributed by atoms with Gasteiger partial charge in [-0.2, -0.15) is 8.75 Å². The van der Waals surface area contributed by atoms with Crippen molar-refractivity contribution >= 4 is 35.1 Å². The van der Waals surface area contributed by atoms with E-state index in [1.54, 1.807) is 11.8 Å². The zero-order valence-electron chi connectivity index (χ0n) is 13.2. The van der Waals surface area contributed by atoms with Crippen LogP contribution in [-0.4, -0.2) is 39.0 Å². The third-order valence-electron chi connectivity index (χ3n) is 4.85. The van der Waals surface area contributed by atoms with Crippen LogP contribution in [0.4, 0.5) is 0 Å². The average molecular weight is 376 g/mol. The molecule has 1 unspecified atom stereocenters. The molecule has 2 bridgehead atoms. The third-order valence-corrected chi connectivity index (χ3v) is 6.62. The van der Waals surface area contributed by atoms with E-state index in [2.05, 4.69) is 25.5 Å².